The maximum atomic E-state index is 13.0. The minimum atomic E-state index is -0.246. The van der Waals surface area contributed by atoms with Crippen molar-refractivity contribution in [2.24, 2.45) is 7.05 Å². The molecule has 0 saturated carbocycles. The van der Waals surface area contributed by atoms with E-state index in [1.54, 1.807) is 0 Å². The molecular formula is C15H13IN4OS. The SMILES string of the molecule is Cn1c2c(c3cc(I)ccc31)C(=O)C(c1n[nH]c(=S)[nH]1)CC2. The van der Waals surface area contributed by atoms with E-state index in [-0.39, 0.29) is 11.7 Å². The fourth-order valence-corrected chi connectivity index (χ4v) is 3.97. The van der Waals surface area contributed by atoms with Gasteiger partial charge in [0.25, 0.3) is 0 Å². The van der Waals surface area contributed by atoms with Crippen molar-refractivity contribution in [2.75, 3.05) is 0 Å². The van der Waals surface area contributed by atoms with Gasteiger partial charge in [0.05, 0.1) is 5.92 Å². The Morgan fingerprint density at radius 2 is 2.27 bits per heavy atom. The highest BCUT2D eigenvalue weighted by molar-refractivity contribution is 14.1. The van der Waals surface area contributed by atoms with Crippen molar-refractivity contribution < 1.29 is 4.79 Å². The van der Waals surface area contributed by atoms with Crippen LogP contribution in [0.2, 0.25) is 0 Å². The lowest BCUT2D eigenvalue weighted by molar-refractivity contribution is 0.0943. The average molecular weight is 424 g/mol. The number of ketones is 1. The zero-order chi connectivity index (χ0) is 15.4. The number of hydrogen-bond acceptors (Lipinski definition) is 3. The normalized spacial score (nSPS) is 17.9. The molecule has 3 aromatic rings. The van der Waals surface area contributed by atoms with Crippen LogP contribution in [0.4, 0.5) is 0 Å². The maximum Gasteiger partial charge on any atom is 0.192 e. The largest absolute Gasteiger partial charge is 0.347 e. The quantitative estimate of drug-likeness (QED) is 0.465. The third-order valence-corrected chi connectivity index (χ3v) is 5.23. The Morgan fingerprint density at radius 3 is 3.00 bits per heavy atom. The second kappa shape index (κ2) is 5.02. The van der Waals surface area contributed by atoms with Crippen LogP contribution in [0.5, 0.6) is 0 Å². The van der Waals surface area contributed by atoms with Crippen LogP contribution in [0, 0.1) is 8.34 Å². The number of aromatic amines is 2. The number of Topliss-reactive ketones (excluding diaryl/α,β-unsaturated/α-hetero) is 1. The van der Waals surface area contributed by atoms with Crippen LogP contribution in [0.15, 0.2) is 18.2 Å². The Kier molecular flexibility index (Phi) is 3.23. The summed E-state index contributed by atoms with van der Waals surface area (Å²) in [6, 6.07) is 6.24. The monoisotopic (exact) mass is 424 g/mol. The van der Waals surface area contributed by atoms with Gasteiger partial charge in [0, 0.05) is 32.8 Å². The van der Waals surface area contributed by atoms with Gasteiger partial charge in [0.2, 0.25) is 0 Å². The number of nitrogens with zero attached hydrogens (tertiary/aromatic N) is 2. The molecule has 2 N–H and O–H groups in total. The molecule has 112 valence electrons. The Labute approximate surface area is 145 Å². The van der Waals surface area contributed by atoms with Crippen LogP contribution < -0.4 is 0 Å². The summed E-state index contributed by atoms with van der Waals surface area (Å²) in [6.45, 7) is 0. The molecule has 0 spiro atoms. The minimum absolute atomic E-state index is 0.131. The third-order valence-electron chi connectivity index (χ3n) is 4.37. The van der Waals surface area contributed by atoms with E-state index in [2.05, 4.69) is 60.5 Å². The molecular weight excluding hydrogens is 411 g/mol. The first-order chi connectivity index (χ1) is 10.6. The molecule has 0 aliphatic heterocycles. The van der Waals surface area contributed by atoms with E-state index in [9.17, 15) is 4.79 Å². The minimum Gasteiger partial charge on any atom is -0.347 e. The third kappa shape index (κ3) is 1.98. The predicted molar refractivity (Wildman–Crippen MR) is 94.8 cm³/mol. The zero-order valence-electron chi connectivity index (χ0n) is 11.8. The first kappa shape index (κ1) is 14.1. The van der Waals surface area contributed by atoms with E-state index in [4.69, 9.17) is 12.2 Å². The molecule has 22 heavy (non-hydrogen) atoms. The molecule has 1 atom stereocenters. The number of benzene rings is 1. The number of H-pyrrole nitrogens is 2. The number of halogens is 1. The summed E-state index contributed by atoms with van der Waals surface area (Å²) in [6.07, 6.45) is 1.62. The number of fused-ring (bicyclic) bond motifs is 3. The highest BCUT2D eigenvalue weighted by Gasteiger charge is 2.34. The first-order valence-corrected chi connectivity index (χ1v) is 8.50. The number of carbonyl (C=O) groups is 1. The van der Waals surface area contributed by atoms with Gasteiger partial charge in [-0.2, -0.15) is 5.10 Å². The van der Waals surface area contributed by atoms with Gasteiger partial charge < -0.3 is 9.55 Å². The summed E-state index contributed by atoms with van der Waals surface area (Å²) in [5.41, 5.74) is 3.07. The molecule has 0 saturated heterocycles. The van der Waals surface area contributed by atoms with Crippen LogP contribution in [0.1, 0.15) is 34.2 Å². The molecule has 2 aromatic heterocycles. The number of nitrogens with one attached hydrogen (secondary N) is 2. The molecule has 2 heterocycles. The summed E-state index contributed by atoms with van der Waals surface area (Å²) < 4.78 is 3.73. The second-order valence-corrected chi connectivity index (χ2v) is 7.21. The highest BCUT2D eigenvalue weighted by atomic mass is 127. The lowest BCUT2D eigenvalue weighted by atomic mass is 9.84. The van der Waals surface area contributed by atoms with Crippen LogP contribution >= 0.6 is 34.8 Å². The molecule has 4 rings (SSSR count). The van der Waals surface area contributed by atoms with Gasteiger partial charge in [-0.05, 0) is 65.8 Å². The van der Waals surface area contributed by atoms with E-state index < -0.39 is 0 Å². The van der Waals surface area contributed by atoms with Crippen molar-refractivity contribution in [2.45, 2.75) is 18.8 Å². The van der Waals surface area contributed by atoms with Crippen LogP contribution in [-0.4, -0.2) is 25.5 Å². The Hall–Kier alpha value is -1.48. The lowest BCUT2D eigenvalue weighted by Crippen LogP contribution is -2.22. The number of aromatic nitrogens is 4. The smallest absolute Gasteiger partial charge is 0.192 e. The topological polar surface area (TPSA) is 66.5 Å². The number of hydrogen-bond donors (Lipinski definition) is 2. The standard InChI is InChI=1S/C15H13IN4OS/c1-20-10-4-2-7(16)6-9(10)12-11(20)5-3-8(13(12)21)14-17-15(22)19-18-14/h2,4,6,8H,3,5H2,1H3,(H2,17,18,19,22). The van der Waals surface area contributed by atoms with Gasteiger partial charge >= 0.3 is 0 Å². The van der Waals surface area contributed by atoms with Crippen molar-refractivity contribution in [1.82, 2.24) is 19.7 Å². The average Bonchev–Trinajstić information content (AvgIpc) is 3.03. The van der Waals surface area contributed by atoms with Crippen LogP contribution in [0.25, 0.3) is 10.9 Å². The van der Waals surface area contributed by atoms with Gasteiger partial charge in [-0.15, -0.1) is 0 Å². The molecule has 0 bridgehead atoms. The van der Waals surface area contributed by atoms with E-state index in [1.807, 2.05) is 7.05 Å². The van der Waals surface area contributed by atoms with Crippen molar-refractivity contribution in [1.29, 1.82) is 0 Å². The first-order valence-electron chi connectivity index (χ1n) is 7.02. The Morgan fingerprint density at radius 1 is 1.45 bits per heavy atom. The molecule has 0 radical (unpaired) electrons. The molecule has 1 unspecified atom stereocenters. The molecule has 0 fully saturated rings. The van der Waals surface area contributed by atoms with E-state index in [0.717, 1.165) is 38.6 Å². The van der Waals surface area contributed by atoms with Crippen molar-refractivity contribution in [3.63, 3.8) is 0 Å². The van der Waals surface area contributed by atoms with Crippen molar-refractivity contribution in [3.8, 4) is 0 Å². The molecule has 1 aliphatic carbocycles. The van der Waals surface area contributed by atoms with Gasteiger partial charge in [-0.1, -0.05) is 0 Å². The van der Waals surface area contributed by atoms with Crippen molar-refractivity contribution >= 4 is 51.5 Å². The maximum absolute atomic E-state index is 13.0. The summed E-state index contributed by atoms with van der Waals surface area (Å²) in [5.74, 6) is 0.527. The second-order valence-electron chi connectivity index (χ2n) is 5.56. The van der Waals surface area contributed by atoms with Crippen LogP contribution in [-0.2, 0) is 13.5 Å². The highest BCUT2D eigenvalue weighted by Crippen LogP contribution is 2.37. The Bertz CT molecular complexity index is 968. The molecule has 1 aromatic carbocycles. The predicted octanol–water partition coefficient (Wildman–Crippen LogP) is 3.48. The molecule has 1 aliphatic rings. The summed E-state index contributed by atoms with van der Waals surface area (Å²) in [7, 11) is 2.03. The van der Waals surface area contributed by atoms with E-state index >= 15 is 0 Å². The lowest BCUT2D eigenvalue weighted by Gasteiger charge is -2.20. The van der Waals surface area contributed by atoms with Gasteiger partial charge in [-0.3, -0.25) is 9.89 Å². The van der Waals surface area contributed by atoms with Gasteiger partial charge in [0.15, 0.2) is 10.6 Å². The zero-order valence-corrected chi connectivity index (χ0v) is 14.8. The Balaban J connectivity index is 1.93. The number of rotatable bonds is 1. The fraction of sp³-hybridized carbons (Fsp3) is 0.267. The van der Waals surface area contributed by atoms with Crippen LogP contribution in [0.3, 0.4) is 0 Å². The van der Waals surface area contributed by atoms with Gasteiger partial charge in [-0.25, -0.2) is 0 Å². The molecule has 5 nitrogen and oxygen atoms in total. The van der Waals surface area contributed by atoms with E-state index in [1.165, 1.54) is 0 Å². The van der Waals surface area contributed by atoms with Crippen molar-refractivity contribution in [3.05, 3.63) is 43.6 Å². The van der Waals surface area contributed by atoms with E-state index in [0.29, 0.717) is 10.6 Å². The number of aryl methyl sites for hydroxylation is 1. The van der Waals surface area contributed by atoms with Gasteiger partial charge in [0.1, 0.15) is 5.82 Å². The summed E-state index contributed by atoms with van der Waals surface area (Å²) in [4.78, 5) is 16.0. The number of carbonyl (C=O) groups excluding carboxylic acids is 1. The molecule has 0 amide bonds. The summed E-state index contributed by atoms with van der Waals surface area (Å²) in [5, 5.41) is 7.90. The fourth-order valence-electron chi connectivity index (χ4n) is 3.33. The molecule has 7 heteroatoms. The summed E-state index contributed by atoms with van der Waals surface area (Å²) >= 11 is 7.31.